The lowest BCUT2D eigenvalue weighted by atomic mass is 10.3. The smallest absolute Gasteiger partial charge is 0.383 e. The molecular formula is C12H15F3N2O2S. The van der Waals surface area contributed by atoms with Crippen molar-refractivity contribution in [2.45, 2.75) is 10.4 Å². The first-order valence-electron chi connectivity index (χ1n) is 5.76. The third kappa shape index (κ3) is 7.37. The quantitative estimate of drug-likeness (QED) is 0.600. The minimum absolute atomic E-state index is 0.0775. The molecule has 0 aliphatic carbocycles. The molecule has 0 bridgehead atoms. The zero-order valence-electron chi connectivity index (χ0n) is 10.8. The predicted octanol–water partition coefficient (Wildman–Crippen LogP) is 2.47. The van der Waals surface area contributed by atoms with Gasteiger partial charge in [-0.3, -0.25) is 4.79 Å². The molecule has 0 saturated heterocycles. The highest BCUT2D eigenvalue weighted by molar-refractivity contribution is 8.00. The maximum absolute atomic E-state index is 12.1. The average molecular weight is 308 g/mol. The lowest BCUT2D eigenvalue weighted by Crippen LogP contribution is -2.30. The van der Waals surface area contributed by atoms with Crippen molar-refractivity contribution in [1.82, 2.24) is 5.32 Å². The number of amides is 1. The Kier molecular flexibility index (Phi) is 6.83. The van der Waals surface area contributed by atoms with E-state index >= 15 is 0 Å². The Morgan fingerprint density at radius 3 is 2.50 bits per heavy atom. The molecule has 1 amide bonds. The molecule has 0 saturated carbocycles. The number of hydrogen-bond acceptors (Lipinski definition) is 4. The number of alkyl halides is 3. The van der Waals surface area contributed by atoms with Gasteiger partial charge in [-0.15, -0.1) is 0 Å². The molecule has 0 atom stereocenters. The zero-order valence-corrected chi connectivity index (χ0v) is 11.6. The number of carbonyl (C=O) groups excluding carboxylic acids is 1. The second-order valence-corrected chi connectivity index (χ2v) is 4.93. The van der Waals surface area contributed by atoms with Gasteiger partial charge in [0.25, 0.3) is 0 Å². The summed E-state index contributed by atoms with van der Waals surface area (Å²) in [5, 5.41) is 5.43. The summed E-state index contributed by atoms with van der Waals surface area (Å²) in [4.78, 5) is 11.6. The minimum Gasteiger partial charge on any atom is -0.383 e. The Labute approximate surface area is 119 Å². The van der Waals surface area contributed by atoms with Crippen LogP contribution in [0.5, 0.6) is 0 Å². The maximum atomic E-state index is 12.1. The number of halogens is 3. The summed E-state index contributed by atoms with van der Waals surface area (Å²) in [5.74, 6) is -0.266. The largest absolute Gasteiger partial charge is 0.446 e. The van der Waals surface area contributed by atoms with Crippen LogP contribution in [0.15, 0.2) is 29.2 Å². The molecule has 112 valence electrons. The van der Waals surface area contributed by atoms with Crippen LogP contribution in [0.1, 0.15) is 0 Å². The van der Waals surface area contributed by atoms with Crippen molar-refractivity contribution in [2.75, 3.05) is 32.1 Å². The first-order valence-corrected chi connectivity index (χ1v) is 6.57. The molecule has 0 radical (unpaired) electrons. The van der Waals surface area contributed by atoms with Crippen LogP contribution in [0.3, 0.4) is 0 Å². The van der Waals surface area contributed by atoms with Gasteiger partial charge in [-0.05, 0) is 36.0 Å². The highest BCUT2D eigenvalue weighted by Gasteiger charge is 2.28. The number of benzene rings is 1. The predicted molar refractivity (Wildman–Crippen MR) is 71.7 cm³/mol. The van der Waals surface area contributed by atoms with E-state index in [-0.39, 0.29) is 29.1 Å². The number of nitrogens with one attached hydrogen (secondary N) is 2. The second kappa shape index (κ2) is 8.13. The first kappa shape index (κ1) is 16.8. The van der Waals surface area contributed by atoms with Crippen LogP contribution in [0.4, 0.5) is 18.9 Å². The van der Waals surface area contributed by atoms with Crippen LogP contribution >= 0.6 is 11.8 Å². The highest BCUT2D eigenvalue weighted by Crippen LogP contribution is 2.36. The Balaban J connectivity index is 2.39. The summed E-state index contributed by atoms with van der Waals surface area (Å²) in [6, 6.07) is 5.49. The van der Waals surface area contributed by atoms with E-state index in [9.17, 15) is 18.0 Å². The summed E-state index contributed by atoms with van der Waals surface area (Å²) in [7, 11) is 1.56. The lowest BCUT2D eigenvalue weighted by molar-refractivity contribution is -0.115. The molecule has 0 fully saturated rings. The molecule has 1 aromatic carbocycles. The van der Waals surface area contributed by atoms with Crippen LogP contribution < -0.4 is 10.6 Å². The molecule has 1 aromatic rings. The van der Waals surface area contributed by atoms with Gasteiger partial charge in [-0.2, -0.15) is 13.2 Å². The fraction of sp³-hybridized carbons (Fsp3) is 0.417. The summed E-state index contributed by atoms with van der Waals surface area (Å²) in [5.41, 5.74) is -3.86. The topological polar surface area (TPSA) is 50.4 Å². The van der Waals surface area contributed by atoms with Crippen LogP contribution in [0.25, 0.3) is 0 Å². The molecule has 20 heavy (non-hydrogen) atoms. The Morgan fingerprint density at radius 1 is 1.30 bits per heavy atom. The van der Waals surface area contributed by atoms with Crippen LogP contribution in [0.2, 0.25) is 0 Å². The van der Waals surface area contributed by atoms with Gasteiger partial charge < -0.3 is 15.4 Å². The number of thioether (sulfide) groups is 1. The van der Waals surface area contributed by atoms with Gasteiger partial charge in [0.1, 0.15) is 0 Å². The van der Waals surface area contributed by atoms with Gasteiger partial charge in [0.05, 0.1) is 13.2 Å². The van der Waals surface area contributed by atoms with Crippen molar-refractivity contribution in [3.63, 3.8) is 0 Å². The van der Waals surface area contributed by atoms with Gasteiger partial charge in [0, 0.05) is 24.2 Å². The van der Waals surface area contributed by atoms with Crippen molar-refractivity contribution in [2.24, 2.45) is 0 Å². The molecule has 4 nitrogen and oxygen atoms in total. The van der Waals surface area contributed by atoms with E-state index in [2.05, 4.69) is 10.6 Å². The fourth-order valence-corrected chi connectivity index (χ4v) is 1.86. The van der Waals surface area contributed by atoms with Crippen LogP contribution in [-0.2, 0) is 9.53 Å². The van der Waals surface area contributed by atoms with E-state index in [4.69, 9.17) is 4.74 Å². The molecule has 2 N–H and O–H groups in total. The molecule has 0 heterocycles. The molecular weight excluding hydrogens is 293 g/mol. The molecule has 0 aliphatic rings. The van der Waals surface area contributed by atoms with Gasteiger partial charge >= 0.3 is 5.51 Å². The molecule has 0 aromatic heterocycles. The Bertz CT molecular complexity index is 424. The molecule has 0 spiro atoms. The van der Waals surface area contributed by atoms with Gasteiger partial charge in [0.15, 0.2) is 0 Å². The number of ether oxygens (including phenoxy) is 1. The molecule has 1 rings (SSSR count). The molecule has 0 unspecified atom stereocenters. The van der Waals surface area contributed by atoms with Crippen molar-refractivity contribution >= 4 is 23.4 Å². The zero-order chi connectivity index (χ0) is 15.0. The second-order valence-electron chi connectivity index (χ2n) is 3.79. The summed E-state index contributed by atoms with van der Waals surface area (Å²) in [6.07, 6.45) is 0. The van der Waals surface area contributed by atoms with Crippen molar-refractivity contribution < 1.29 is 22.7 Å². The SMILES string of the molecule is COCCNCC(=O)Nc1ccc(SC(F)(F)F)cc1. The van der Waals surface area contributed by atoms with E-state index in [0.717, 1.165) is 0 Å². The van der Waals surface area contributed by atoms with E-state index in [0.29, 0.717) is 18.8 Å². The third-order valence-electron chi connectivity index (χ3n) is 2.14. The van der Waals surface area contributed by atoms with E-state index in [1.165, 1.54) is 24.3 Å². The fourth-order valence-electron chi connectivity index (χ4n) is 1.32. The van der Waals surface area contributed by atoms with Crippen molar-refractivity contribution in [1.29, 1.82) is 0 Å². The summed E-state index contributed by atoms with van der Waals surface area (Å²) in [6.45, 7) is 1.16. The molecule has 8 heteroatoms. The average Bonchev–Trinajstić information content (AvgIpc) is 2.35. The third-order valence-corrected chi connectivity index (χ3v) is 2.88. The molecule has 0 aliphatic heterocycles. The Morgan fingerprint density at radius 2 is 1.95 bits per heavy atom. The van der Waals surface area contributed by atoms with E-state index in [1.807, 2.05) is 0 Å². The van der Waals surface area contributed by atoms with Gasteiger partial charge in [-0.1, -0.05) is 0 Å². The van der Waals surface area contributed by atoms with Gasteiger partial charge in [0.2, 0.25) is 5.91 Å². The summed E-state index contributed by atoms with van der Waals surface area (Å²) >= 11 is -0.191. The van der Waals surface area contributed by atoms with Gasteiger partial charge in [-0.25, -0.2) is 0 Å². The normalized spacial score (nSPS) is 11.4. The van der Waals surface area contributed by atoms with Crippen LogP contribution in [-0.4, -0.2) is 38.2 Å². The van der Waals surface area contributed by atoms with Crippen molar-refractivity contribution in [3.05, 3.63) is 24.3 Å². The standard InChI is InChI=1S/C12H15F3N2O2S/c1-19-7-6-16-8-11(18)17-9-2-4-10(5-3-9)20-12(13,14)15/h2-5,16H,6-8H2,1H3,(H,17,18). The maximum Gasteiger partial charge on any atom is 0.446 e. The number of methoxy groups -OCH3 is 1. The first-order chi connectivity index (χ1) is 9.40. The number of carbonyl (C=O) groups is 1. The number of anilines is 1. The van der Waals surface area contributed by atoms with Crippen molar-refractivity contribution in [3.8, 4) is 0 Å². The monoisotopic (exact) mass is 308 g/mol. The highest BCUT2D eigenvalue weighted by atomic mass is 32.2. The number of hydrogen-bond donors (Lipinski definition) is 2. The van der Waals surface area contributed by atoms with E-state index in [1.54, 1.807) is 7.11 Å². The minimum atomic E-state index is -4.31. The lowest BCUT2D eigenvalue weighted by Gasteiger charge is -2.08. The van der Waals surface area contributed by atoms with E-state index < -0.39 is 5.51 Å². The van der Waals surface area contributed by atoms with Crippen LogP contribution in [0, 0.1) is 0 Å². The Hall–Kier alpha value is -1.25. The summed E-state index contributed by atoms with van der Waals surface area (Å²) < 4.78 is 41.2. The number of rotatable bonds is 7.